The topological polar surface area (TPSA) is 24.9 Å². The van der Waals surface area contributed by atoms with E-state index in [1.807, 2.05) is 19.2 Å². The first kappa shape index (κ1) is 10.6. The molecule has 0 aliphatic carbocycles. The zero-order valence-corrected chi connectivity index (χ0v) is 9.07. The van der Waals surface area contributed by atoms with Crippen molar-refractivity contribution in [2.45, 2.75) is 13.5 Å². The molecule has 0 bridgehead atoms. The van der Waals surface area contributed by atoms with Gasteiger partial charge in [-0.1, -0.05) is 0 Å². The van der Waals surface area contributed by atoms with Crippen LogP contribution in [-0.2, 0) is 6.54 Å². The summed E-state index contributed by atoms with van der Waals surface area (Å²) in [6.07, 6.45) is 3.61. The first-order valence-electron chi connectivity index (χ1n) is 5.14. The van der Waals surface area contributed by atoms with Crippen molar-refractivity contribution in [2.24, 2.45) is 0 Å². The average Bonchev–Trinajstić information content (AvgIpc) is 2.30. The maximum Gasteiger partial charge on any atom is 0.123 e. The molecule has 0 atom stereocenters. The number of pyridine rings is 1. The number of benzene rings is 1. The van der Waals surface area contributed by atoms with Crippen molar-refractivity contribution < 1.29 is 4.39 Å². The van der Waals surface area contributed by atoms with Crippen molar-refractivity contribution in [3.05, 3.63) is 59.7 Å². The molecule has 2 nitrogen and oxygen atoms in total. The summed E-state index contributed by atoms with van der Waals surface area (Å²) in [6, 6.07) is 8.31. The molecule has 0 radical (unpaired) electrons. The number of hydrogen-bond acceptors (Lipinski definition) is 2. The molecule has 0 unspecified atom stereocenters. The minimum atomic E-state index is -0.219. The van der Waals surface area contributed by atoms with Gasteiger partial charge in [-0.25, -0.2) is 4.39 Å². The third-order valence-electron chi connectivity index (χ3n) is 2.47. The second-order valence-corrected chi connectivity index (χ2v) is 3.66. The van der Waals surface area contributed by atoms with E-state index in [-0.39, 0.29) is 5.82 Å². The summed E-state index contributed by atoms with van der Waals surface area (Å²) < 4.78 is 12.7. The van der Waals surface area contributed by atoms with Crippen molar-refractivity contribution >= 4 is 5.69 Å². The molecule has 1 heterocycles. The van der Waals surface area contributed by atoms with Crippen LogP contribution in [0.2, 0.25) is 0 Å². The van der Waals surface area contributed by atoms with Gasteiger partial charge in [0.2, 0.25) is 0 Å². The molecule has 1 aromatic carbocycles. The predicted molar refractivity (Wildman–Crippen MR) is 62.7 cm³/mol. The predicted octanol–water partition coefficient (Wildman–Crippen LogP) is 3.14. The highest BCUT2D eigenvalue weighted by molar-refractivity contribution is 5.43. The number of aryl methyl sites for hydroxylation is 1. The number of hydrogen-bond donors (Lipinski definition) is 1. The molecule has 1 N–H and O–H groups in total. The highest BCUT2D eigenvalue weighted by atomic mass is 19.1. The Morgan fingerprint density at radius 2 is 1.94 bits per heavy atom. The van der Waals surface area contributed by atoms with E-state index >= 15 is 0 Å². The Morgan fingerprint density at radius 1 is 1.19 bits per heavy atom. The summed E-state index contributed by atoms with van der Waals surface area (Å²) in [5.41, 5.74) is 3.25. The van der Waals surface area contributed by atoms with Crippen molar-refractivity contribution in [1.82, 2.24) is 4.98 Å². The highest BCUT2D eigenvalue weighted by Gasteiger charge is 1.98. The Morgan fingerprint density at radius 3 is 2.62 bits per heavy atom. The largest absolute Gasteiger partial charge is 0.381 e. The molecule has 2 rings (SSSR count). The van der Waals surface area contributed by atoms with E-state index in [1.54, 1.807) is 18.3 Å². The summed E-state index contributed by atoms with van der Waals surface area (Å²) in [5, 5.41) is 3.22. The summed E-state index contributed by atoms with van der Waals surface area (Å²) >= 11 is 0. The molecule has 0 amide bonds. The third kappa shape index (κ3) is 2.57. The molecule has 0 saturated heterocycles. The molecular weight excluding hydrogens is 203 g/mol. The highest BCUT2D eigenvalue weighted by Crippen LogP contribution is 2.11. The Bertz CT molecular complexity index is 466. The quantitative estimate of drug-likeness (QED) is 0.852. The number of rotatable bonds is 3. The Kier molecular flexibility index (Phi) is 3.15. The lowest BCUT2D eigenvalue weighted by atomic mass is 10.1. The normalized spacial score (nSPS) is 10.1. The summed E-state index contributed by atoms with van der Waals surface area (Å²) in [7, 11) is 0. The molecule has 1 aromatic heterocycles. The van der Waals surface area contributed by atoms with Gasteiger partial charge >= 0.3 is 0 Å². The van der Waals surface area contributed by atoms with Crippen LogP contribution in [0.15, 0.2) is 42.7 Å². The van der Waals surface area contributed by atoms with Crippen LogP contribution < -0.4 is 5.32 Å². The van der Waals surface area contributed by atoms with Crippen LogP contribution in [0.5, 0.6) is 0 Å². The molecule has 3 heteroatoms. The number of halogens is 1. The Labute approximate surface area is 94.2 Å². The molecular formula is C13H13FN2. The van der Waals surface area contributed by atoms with Crippen molar-refractivity contribution in [2.75, 3.05) is 5.32 Å². The van der Waals surface area contributed by atoms with E-state index in [9.17, 15) is 4.39 Å². The van der Waals surface area contributed by atoms with Gasteiger partial charge in [-0.2, -0.15) is 0 Å². The number of anilines is 1. The maximum absolute atomic E-state index is 12.7. The van der Waals surface area contributed by atoms with Crippen LogP contribution in [-0.4, -0.2) is 4.98 Å². The lowest BCUT2D eigenvalue weighted by molar-refractivity contribution is 0.628. The van der Waals surface area contributed by atoms with E-state index in [4.69, 9.17) is 0 Å². The first-order valence-corrected chi connectivity index (χ1v) is 5.14. The van der Waals surface area contributed by atoms with Crippen LogP contribution >= 0.6 is 0 Å². The van der Waals surface area contributed by atoms with Crippen LogP contribution in [0, 0.1) is 12.7 Å². The molecule has 0 spiro atoms. The monoisotopic (exact) mass is 216 g/mol. The fourth-order valence-electron chi connectivity index (χ4n) is 1.45. The smallest absolute Gasteiger partial charge is 0.123 e. The minimum absolute atomic E-state index is 0.219. The zero-order chi connectivity index (χ0) is 11.4. The third-order valence-corrected chi connectivity index (χ3v) is 2.47. The molecule has 82 valence electrons. The van der Waals surface area contributed by atoms with Crippen molar-refractivity contribution in [1.29, 1.82) is 0 Å². The van der Waals surface area contributed by atoms with Crippen molar-refractivity contribution in [3.63, 3.8) is 0 Å². The van der Waals surface area contributed by atoms with Gasteiger partial charge in [0.25, 0.3) is 0 Å². The number of nitrogens with one attached hydrogen (secondary N) is 1. The second-order valence-electron chi connectivity index (χ2n) is 3.66. The second kappa shape index (κ2) is 4.75. The SMILES string of the molecule is Cc1ccncc1CNc1ccc(F)cc1. The Hall–Kier alpha value is -1.90. The average molecular weight is 216 g/mol. The molecule has 16 heavy (non-hydrogen) atoms. The summed E-state index contributed by atoms with van der Waals surface area (Å²) in [6.45, 7) is 2.74. The van der Waals surface area contributed by atoms with E-state index < -0.39 is 0 Å². The summed E-state index contributed by atoms with van der Waals surface area (Å²) in [5.74, 6) is -0.219. The van der Waals surface area contributed by atoms with Gasteiger partial charge in [0, 0.05) is 24.6 Å². The van der Waals surface area contributed by atoms with Gasteiger partial charge in [0.15, 0.2) is 0 Å². The lowest BCUT2D eigenvalue weighted by Gasteiger charge is -2.08. The number of nitrogens with zero attached hydrogens (tertiary/aromatic N) is 1. The van der Waals surface area contributed by atoms with Gasteiger partial charge in [-0.05, 0) is 48.4 Å². The van der Waals surface area contributed by atoms with E-state index in [2.05, 4.69) is 10.3 Å². The van der Waals surface area contributed by atoms with E-state index in [0.717, 1.165) is 11.3 Å². The van der Waals surface area contributed by atoms with Gasteiger partial charge in [-0.15, -0.1) is 0 Å². The van der Waals surface area contributed by atoms with Gasteiger partial charge in [-0.3, -0.25) is 4.98 Å². The first-order chi connectivity index (χ1) is 7.75. The standard InChI is InChI=1S/C13H13FN2/c1-10-6-7-15-8-11(10)9-16-13-4-2-12(14)3-5-13/h2-8,16H,9H2,1H3. The molecule has 2 aromatic rings. The van der Waals surface area contributed by atoms with Crippen LogP contribution in [0.1, 0.15) is 11.1 Å². The van der Waals surface area contributed by atoms with Gasteiger partial charge < -0.3 is 5.32 Å². The minimum Gasteiger partial charge on any atom is -0.381 e. The van der Waals surface area contributed by atoms with E-state index in [0.29, 0.717) is 6.54 Å². The maximum atomic E-state index is 12.7. The Balaban J connectivity index is 2.02. The molecule has 0 aliphatic heterocycles. The van der Waals surface area contributed by atoms with Crippen molar-refractivity contribution in [3.8, 4) is 0 Å². The zero-order valence-electron chi connectivity index (χ0n) is 9.07. The number of aromatic nitrogens is 1. The van der Waals surface area contributed by atoms with Crippen LogP contribution in [0.3, 0.4) is 0 Å². The van der Waals surface area contributed by atoms with E-state index in [1.165, 1.54) is 17.7 Å². The summed E-state index contributed by atoms with van der Waals surface area (Å²) in [4.78, 5) is 4.07. The lowest BCUT2D eigenvalue weighted by Crippen LogP contribution is -2.01. The fourth-order valence-corrected chi connectivity index (χ4v) is 1.45. The van der Waals surface area contributed by atoms with Crippen LogP contribution in [0.4, 0.5) is 10.1 Å². The molecule has 0 saturated carbocycles. The fraction of sp³-hybridized carbons (Fsp3) is 0.154. The molecule has 0 aliphatic rings. The van der Waals surface area contributed by atoms with Gasteiger partial charge in [0.1, 0.15) is 5.82 Å². The molecule has 0 fully saturated rings. The van der Waals surface area contributed by atoms with Gasteiger partial charge in [0.05, 0.1) is 0 Å². The van der Waals surface area contributed by atoms with Crippen LogP contribution in [0.25, 0.3) is 0 Å².